The average molecular weight is 435 g/mol. The number of aromatic amines is 1. The zero-order chi connectivity index (χ0) is 22.7. The molecule has 32 heavy (non-hydrogen) atoms. The summed E-state index contributed by atoms with van der Waals surface area (Å²) in [6.45, 7) is 4.18. The molecule has 7 heteroatoms. The molecule has 4 rings (SSSR count). The van der Waals surface area contributed by atoms with Crippen LogP contribution in [0.2, 0.25) is 0 Å². The third-order valence-corrected chi connectivity index (χ3v) is 5.94. The highest BCUT2D eigenvalue weighted by Gasteiger charge is 2.34. The Morgan fingerprint density at radius 2 is 1.94 bits per heavy atom. The number of hydrogen-bond donors (Lipinski definition) is 2. The van der Waals surface area contributed by atoms with Crippen LogP contribution < -0.4 is 4.74 Å². The molecule has 1 saturated heterocycles. The topological polar surface area (TPSA) is 81.7 Å². The quantitative estimate of drug-likeness (QED) is 0.577. The van der Waals surface area contributed by atoms with E-state index in [0.29, 0.717) is 13.1 Å². The monoisotopic (exact) mass is 434 g/mol. The molecule has 1 amide bonds. The van der Waals surface area contributed by atoms with Crippen molar-refractivity contribution in [3.05, 3.63) is 54.7 Å². The molecule has 0 atom stereocenters. The van der Waals surface area contributed by atoms with E-state index in [-0.39, 0.29) is 17.3 Å². The average Bonchev–Trinajstić information content (AvgIpc) is 3.23. The van der Waals surface area contributed by atoms with E-state index in [1.807, 2.05) is 54.2 Å². The maximum absolute atomic E-state index is 12.5. The highest BCUT2D eigenvalue weighted by molar-refractivity contribution is 5.90. The summed E-state index contributed by atoms with van der Waals surface area (Å²) >= 11 is 0. The molecule has 0 saturated carbocycles. The van der Waals surface area contributed by atoms with E-state index in [0.717, 1.165) is 47.2 Å². The maximum Gasteiger partial charge on any atom is 0.246 e. The van der Waals surface area contributed by atoms with Crippen LogP contribution in [0, 0.1) is 0 Å². The van der Waals surface area contributed by atoms with Crippen LogP contribution in [0.5, 0.6) is 11.5 Å². The summed E-state index contributed by atoms with van der Waals surface area (Å²) < 4.78 is 6.57. The highest BCUT2D eigenvalue weighted by atomic mass is 16.5. The summed E-state index contributed by atoms with van der Waals surface area (Å²) in [6.07, 6.45) is 6.85. The van der Waals surface area contributed by atoms with Crippen LogP contribution in [0.1, 0.15) is 19.8 Å². The number of aromatic nitrogens is 2. The van der Waals surface area contributed by atoms with Crippen molar-refractivity contribution in [1.82, 2.24) is 20.0 Å². The number of aromatic hydroxyl groups is 1. The molecule has 0 aliphatic carbocycles. The lowest BCUT2D eigenvalue weighted by molar-refractivity contribution is -0.129. The van der Waals surface area contributed by atoms with Crippen molar-refractivity contribution < 1.29 is 14.6 Å². The predicted octanol–water partition coefficient (Wildman–Crippen LogP) is 3.81. The Morgan fingerprint density at radius 3 is 2.62 bits per heavy atom. The lowest BCUT2D eigenvalue weighted by Gasteiger charge is -2.39. The van der Waals surface area contributed by atoms with Crippen LogP contribution in [-0.2, 0) is 4.79 Å². The standard InChI is InChI=1S/C25H30N4O3/c1-25(10-13-29(14-11-25)24(31)5-4-12-28(2)3)32-23-16-19(15-22-21(23)17-26-27-22)18-6-8-20(30)9-7-18/h4-9,15-17,30H,10-14H2,1-3H3,(H,26,27)/b5-4+. The number of nitrogens with zero attached hydrogens (tertiary/aromatic N) is 3. The molecule has 168 valence electrons. The molecule has 1 fully saturated rings. The second-order valence-electron chi connectivity index (χ2n) is 8.89. The van der Waals surface area contributed by atoms with Gasteiger partial charge in [0.15, 0.2) is 0 Å². The summed E-state index contributed by atoms with van der Waals surface area (Å²) in [7, 11) is 3.96. The van der Waals surface area contributed by atoms with Gasteiger partial charge in [0, 0.05) is 38.6 Å². The van der Waals surface area contributed by atoms with Crippen molar-refractivity contribution in [2.45, 2.75) is 25.4 Å². The molecule has 3 aromatic rings. The van der Waals surface area contributed by atoms with Gasteiger partial charge >= 0.3 is 0 Å². The van der Waals surface area contributed by atoms with Gasteiger partial charge < -0.3 is 19.6 Å². The largest absolute Gasteiger partial charge is 0.508 e. The number of phenolic OH excluding ortho intramolecular Hbond substituents is 1. The number of piperidine rings is 1. The van der Waals surface area contributed by atoms with Crippen LogP contribution in [0.4, 0.5) is 0 Å². The zero-order valence-electron chi connectivity index (χ0n) is 18.8. The van der Waals surface area contributed by atoms with Gasteiger partial charge in [-0.3, -0.25) is 9.89 Å². The van der Waals surface area contributed by atoms with Gasteiger partial charge in [0.25, 0.3) is 0 Å². The smallest absolute Gasteiger partial charge is 0.246 e. The SMILES string of the molecule is CN(C)C/C=C/C(=O)N1CCC(C)(Oc2cc(-c3ccc(O)cc3)cc3[nH]ncc23)CC1. The fraction of sp³-hybridized carbons (Fsp3) is 0.360. The number of likely N-dealkylation sites (N-methyl/N-ethyl adjacent to an activating group) is 1. The summed E-state index contributed by atoms with van der Waals surface area (Å²) in [5.74, 6) is 1.06. The summed E-state index contributed by atoms with van der Waals surface area (Å²) in [4.78, 5) is 16.4. The molecule has 2 N–H and O–H groups in total. The fourth-order valence-electron chi connectivity index (χ4n) is 3.96. The van der Waals surface area contributed by atoms with Gasteiger partial charge in [-0.1, -0.05) is 18.2 Å². The number of rotatable bonds is 6. The van der Waals surface area contributed by atoms with Crippen molar-refractivity contribution in [1.29, 1.82) is 0 Å². The maximum atomic E-state index is 12.5. The number of carbonyl (C=O) groups excluding carboxylic acids is 1. The number of ether oxygens (including phenoxy) is 1. The van der Waals surface area contributed by atoms with Crippen LogP contribution in [-0.4, -0.2) is 70.3 Å². The van der Waals surface area contributed by atoms with Gasteiger partial charge in [0.2, 0.25) is 5.91 Å². The van der Waals surface area contributed by atoms with Crippen LogP contribution in [0.25, 0.3) is 22.0 Å². The number of hydrogen-bond acceptors (Lipinski definition) is 5. The lowest BCUT2D eigenvalue weighted by atomic mass is 9.93. The van der Waals surface area contributed by atoms with Crippen molar-refractivity contribution >= 4 is 16.8 Å². The molecule has 0 spiro atoms. The number of benzene rings is 2. The number of phenols is 1. The molecule has 7 nitrogen and oxygen atoms in total. The Labute approximate surface area is 188 Å². The first kappa shape index (κ1) is 21.9. The summed E-state index contributed by atoms with van der Waals surface area (Å²) in [5, 5.41) is 17.8. The molecular formula is C25H30N4O3. The van der Waals surface area contributed by atoms with Crippen molar-refractivity contribution in [2.24, 2.45) is 0 Å². The zero-order valence-corrected chi connectivity index (χ0v) is 18.8. The Kier molecular flexibility index (Phi) is 6.19. The van der Waals surface area contributed by atoms with Crippen LogP contribution >= 0.6 is 0 Å². The van der Waals surface area contributed by atoms with Gasteiger partial charge in [-0.2, -0.15) is 5.10 Å². The Hall–Kier alpha value is -3.32. The molecule has 0 bridgehead atoms. The first-order chi connectivity index (χ1) is 15.3. The number of H-pyrrole nitrogens is 1. The molecule has 1 aliphatic rings. The van der Waals surface area contributed by atoms with Gasteiger partial charge in [-0.25, -0.2) is 0 Å². The van der Waals surface area contributed by atoms with E-state index in [1.54, 1.807) is 24.4 Å². The normalized spacial score (nSPS) is 16.2. The van der Waals surface area contributed by atoms with E-state index in [9.17, 15) is 9.90 Å². The first-order valence-electron chi connectivity index (χ1n) is 10.9. The molecular weight excluding hydrogens is 404 g/mol. The predicted molar refractivity (Wildman–Crippen MR) is 126 cm³/mol. The van der Waals surface area contributed by atoms with Gasteiger partial charge in [0.1, 0.15) is 17.1 Å². The molecule has 1 aliphatic heterocycles. The Bertz CT molecular complexity index is 1110. The number of nitrogens with one attached hydrogen (secondary N) is 1. The number of likely N-dealkylation sites (tertiary alicyclic amines) is 1. The van der Waals surface area contributed by atoms with Crippen LogP contribution in [0.15, 0.2) is 54.7 Å². The third kappa shape index (κ3) is 4.94. The van der Waals surface area contributed by atoms with E-state index in [2.05, 4.69) is 17.1 Å². The van der Waals surface area contributed by atoms with Gasteiger partial charge in [-0.15, -0.1) is 0 Å². The summed E-state index contributed by atoms with van der Waals surface area (Å²) in [5.41, 5.74) is 2.49. The molecule has 1 aromatic heterocycles. The van der Waals surface area contributed by atoms with E-state index < -0.39 is 0 Å². The van der Waals surface area contributed by atoms with Crippen molar-refractivity contribution in [2.75, 3.05) is 33.7 Å². The van der Waals surface area contributed by atoms with Crippen molar-refractivity contribution in [3.63, 3.8) is 0 Å². The van der Waals surface area contributed by atoms with Crippen molar-refractivity contribution in [3.8, 4) is 22.6 Å². The lowest BCUT2D eigenvalue weighted by Crippen LogP contribution is -2.47. The van der Waals surface area contributed by atoms with Crippen LogP contribution in [0.3, 0.4) is 0 Å². The first-order valence-corrected chi connectivity index (χ1v) is 10.9. The van der Waals surface area contributed by atoms with Gasteiger partial charge in [-0.05, 0) is 56.4 Å². The number of fused-ring (bicyclic) bond motifs is 1. The second kappa shape index (κ2) is 9.04. The minimum absolute atomic E-state index is 0.0560. The third-order valence-electron chi connectivity index (χ3n) is 5.94. The minimum Gasteiger partial charge on any atom is -0.508 e. The Morgan fingerprint density at radius 1 is 1.22 bits per heavy atom. The summed E-state index contributed by atoms with van der Waals surface area (Å²) in [6, 6.07) is 11.2. The van der Waals surface area contributed by atoms with E-state index >= 15 is 0 Å². The molecule has 0 unspecified atom stereocenters. The van der Waals surface area contributed by atoms with Gasteiger partial charge in [0.05, 0.1) is 17.1 Å². The second-order valence-corrected chi connectivity index (χ2v) is 8.89. The molecule has 0 radical (unpaired) electrons. The fourth-order valence-corrected chi connectivity index (χ4v) is 3.96. The molecule has 2 heterocycles. The van der Waals surface area contributed by atoms with E-state index in [4.69, 9.17) is 4.74 Å². The minimum atomic E-state index is -0.373. The highest BCUT2D eigenvalue weighted by Crippen LogP contribution is 2.36. The number of amides is 1. The Balaban J connectivity index is 1.50. The molecule has 2 aromatic carbocycles. The van der Waals surface area contributed by atoms with E-state index in [1.165, 1.54) is 0 Å². The number of carbonyl (C=O) groups is 1.